The number of hydrogen-bond acceptors (Lipinski definition) is 3. The molecule has 0 spiro atoms. The number of nitrogens with zero attached hydrogens (tertiary/aromatic N) is 1. The van der Waals surface area contributed by atoms with Gasteiger partial charge in [-0.3, -0.25) is 4.79 Å². The molecule has 1 aromatic carbocycles. The molecule has 7 heteroatoms. The van der Waals surface area contributed by atoms with Crippen molar-refractivity contribution in [2.45, 2.75) is 51.9 Å². The maximum atomic E-state index is 14.0. The van der Waals surface area contributed by atoms with E-state index >= 15 is 0 Å². The molecular weight excluding hydrogens is 367 g/mol. The van der Waals surface area contributed by atoms with Gasteiger partial charge in [-0.15, -0.1) is 0 Å². The highest BCUT2D eigenvalue weighted by molar-refractivity contribution is 7.89. The number of carbonyl (C=O) groups excluding carboxylic acids is 1. The molecule has 1 fully saturated rings. The first-order chi connectivity index (χ1) is 12.7. The molecule has 1 heterocycles. The predicted molar refractivity (Wildman–Crippen MR) is 105 cm³/mol. The molecule has 0 unspecified atom stereocenters. The lowest BCUT2D eigenvalue weighted by Crippen LogP contribution is -2.45. The number of piperidine rings is 1. The fraction of sp³-hybridized carbons (Fsp3) is 0.650. The molecule has 1 aliphatic heterocycles. The summed E-state index contributed by atoms with van der Waals surface area (Å²) < 4.78 is 40.1. The second-order valence-electron chi connectivity index (χ2n) is 7.92. The zero-order valence-electron chi connectivity index (χ0n) is 16.5. The number of carbonyl (C=O) groups is 1. The zero-order valence-corrected chi connectivity index (χ0v) is 17.3. The van der Waals surface area contributed by atoms with Crippen molar-refractivity contribution in [2.24, 2.45) is 5.92 Å². The van der Waals surface area contributed by atoms with Gasteiger partial charge in [0.05, 0.1) is 5.75 Å². The van der Waals surface area contributed by atoms with Crippen molar-refractivity contribution < 1.29 is 17.6 Å². The van der Waals surface area contributed by atoms with Crippen LogP contribution in [-0.2, 0) is 20.2 Å². The molecule has 5 nitrogen and oxygen atoms in total. The number of hydrogen-bond donors (Lipinski definition) is 1. The lowest BCUT2D eigenvalue weighted by Gasteiger charge is -2.32. The number of unbranched alkanes of at least 4 members (excludes halogenated alkanes) is 1. The molecule has 1 aromatic rings. The number of nitrogens with one attached hydrogen (secondary N) is 1. The summed E-state index contributed by atoms with van der Waals surface area (Å²) in [5.74, 6) is -0.372. The van der Waals surface area contributed by atoms with Gasteiger partial charge in [0.2, 0.25) is 15.9 Å². The number of halogens is 1. The molecule has 1 aliphatic rings. The Kier molecular flexibility index (Phi) is 7.40. The van der Waals surface area contributed by atoms with E-state index in [4.69, 9.17) is 0 Å². The summed E-state index contributed by atoms with van der Waals surface area (Å²) in [5, 5.41) is 2.93. The smallest absolute Gasteiger partial charge is 0.223 e. The van der Waals surface area contributed by atoms with Crippen LogP contribution in [0.3, 0.4) is 0 Å². The van der Waals surface area contributed by atoms with Crippen molar-refractivity contribution >= 4 is 15.9 Å². The minimum absolute atomic E-state index is 0.0787. The van der Waals surface area contributed by atoms with Crippen molar-refractivity contribution in [3.8, 4) is 0 Å². The molecule has 0 atom stereocenters. The Labute approximate surface area is 162 Å². The van der Waals surface area contributed by atoms with E-state index in [1.165, 1.54) is 10.4 Å². The Hall–Kier alpha value is -1.47. The zero-order chi connectivity index (χ0) is 20.1. The largest absolute Gasteiger partial charge is 0.355 e. The van der Waals surface area contributed by atoms with Gasteiger partial charge < -0.3 is 5.32 Å². The van der Waals surface area contributed by atoms with Gasteiger partial charge >= 0.3 is 0 Å². The van der Waals surface area contributed by atoms with Crippen LogP contribution in [-0.4, -0.2) is 44.0 Å². The molecule has 0 aliphatic carbocycles. The molecule has 0 aromatic heterocycles. The fourth-order valence-corrected chi connectivity index (χ4v) is 5.09. The lowest BCUT2D eigenvalue weighted by molar-refractivity contribution is -0.126. The van der Waals surface area contributed by atoms with Crippen LogP contribution in [0.25, 0.3) is 0 Å². The highest BCUT2D eigenvalue weighted by Gasteiger charge is 2.32. The summed E-state index contributed by atoms with van der Waals surface area (Å²) in [6.07, 6.45) is 2.55. The molecule has 1 N–H and O–H groups in total. The first-order valence-electron chi connectivity index (χ1n) is 9.68. The summed E-state index contributed by atoms with van der Waals surface area (Å²) in [6.45, 7) is 6.88. The number of rotatable bonds is 8. The molecule has 2 rings (SSSR count). The highest BCUT2D eigenvalue weighted by Crippen LogP contribution is 2.26. The van der Waals surface area contributed by atoms with Crippen LogP contribution in [0.5, 0.6) is 0 Å². The Morgan fingerprint density at radius 1 is 1.26 bits per heavy atom. The first kappa shape index (κ1) is 21.8. The van der Waals surface area contributed by atoms with Crippen LogP contribution in [0.15, 0.2) is 24.3 Å². The van der Waals surface area contributed by atoms with Gasteiger partial charge in [0.1, 0.15) is 5.82 Å². The van der Waals surface area contributed by atoms with E-state index in [0.29, 0.717) is 44.5 Å². The second-order valence-corrected chi connectivity index (χ2v) is 10.0. The number of amides is 1. The number of benzene rings is 1. The van der Waals surface area contributed by atoms with Crippen LogP contribution in [0.4, 0.5) is 4.39 Å². The quantitative estimate of drug-likeness (QED) is 0.732. The van der Waals surface area contributed by atoms with E-state index in [1.54, 1.807) is 18.2 Å². The average Bonchev–Trinajstić information content (AvgIpc) is 2.65. The highest BCUT2D eigenvalue weighted by atomic mass is 32.2. The summed E-state index contributed by atoms with van der Waals surface area (Å²) >= 11 is 0. The van der Waals surface area contributed by atoms with E-state index in [-0.39, 0.29) is 23.4 Å². The summed E-state index contributed by atoms with van der Waals surface area (Å²) in [7, 11) is -3.21. The lowest BCUT2D eigenvalue weighted by atomic mass is 9.84. The minimum atomic E-state index is -3.21. The van der Waals surface area contributed by atoms with E-state index in [1.807, 2.05) is 20.8 Å². The summed E-state index contributed by atoms with van der Waals surface area (Å²) in [5.41, 5.74) is 0.0488. The Bertz CT molecular complexity index is 741. The third-order valence-corrected chi connectivity index (χ3v) is 7.24. The SMILES string of the molecule is CCCCS(=O)(=O)N1CCC(C(=O)NCC(C)(C)c2ccccc2F)CC1. The van der Waals surface area contributed by atoms with Gasteiger partial charge in [-0.2, -0.15) is 0 Å². The van der Waals surface area contributed by atoms with Crippen LogP contribution in [0.2, 0.25) is 0 Å². The Balaban J connectivity index is 1.87. The first-order valence-corrected chi connectivity index (χ1v) is 11.3. The second kappa shape index (κ2) is 9.15. The minimum Gasteiger partial charge on any atom is -0.355 e. The standard InChI is InChI=1S/C20H31FN2O3S/c1-4-5-14-27(25,26)23-12-10-16(11-13-23)19(24)22-15-20(2,3)17-8-6-7-9-18(17)21/h6-9,16H,4-5,10-15H2,1-3H3,(H,22,24). The molecule has 1 amide bonds. The maximum absolute atomic E-state index is 14.0. The van der Waals surface area contributed by atoms with Gasteiger partial charge in [-0.05, 0) is 30.9 Å². The van der Waals surface area contributed by atoms with Crippen LogP contribution < -0.4 is 5.32 Å². The van der Waals surface area contributed by atoms with E-state index in [2.05, 4.69) is 5.32 Å². The molecule has 0 saturated carbocycles. The van der Waals surface area contributed by atoms with Crippen LogP contribution in [0, 0.1) is 11.7 Å². The Morgan fingerprint density at radius 2 is 1.89 bits per heavy atom. The van der Waals surface area contributed by atoms with Gasteiger partial charge in [0.25, 0.3) is 0 Å². The molecule has 1 saturated heterocycles. The maximum Gasteiger partial charge on any atom is 0.223 e. The van der Waals surface area contributed by atoms with E-state index in [0.717, 1.165) is 6.42 Å². The van der Waals surface area contributed by atoms with Gasteiger partial charge in [0.15, 0.2) is 0 Å². The van der Waals surface area contributed by atoms with Crippen molar-refractivity contribution in [3.05, 3.63) is 35.6 Å². The van der Waals surface area contributed by atoms with E-state index < -0.39 is 15.4 Å². The molecular formula is C20H31FN2O3S. The third kappa shape index (κ3) is 5.75. The third-order valence-electron chi connectivity index (χ3n) is 5.28. The molecule has 27 heavy (non-hydrogen) atoms. The van der Waals surface area contributed by atoms with Gasteiger partial charge in [-0.1, -0.05) is 45.4 Å². The predicted octanol–water partition coefficient (Wildman–Crippen LogP) is 3.06. The van der Waals surface area contributed by atoms with Crippen molar-refractivity contribution in [1.29, 1.82) is 0 Å². The Morgan fingerprint density at radius 3 is 2.48 bits per heavy atom. The normalized spacial score (nSPS) is 17.0. The number of sulfonamides is 1. The molecule has 152 valence electrons. The topological polar surface area (TPSA) is 66.5 Å². The summed E-state index contributed by atoms with van der Waals surface area (Å²) in [4.78, 5) is 12.5. The summed E-state index contributed by atoms with van der Waals surface area (Å²) in [6, 6.07) is 6.60. The van der Waals surface area contributed by atoms with Gasteiger partial charge in [0, 0.05) is 31.0 Å². The van der Waals surface area contributed by atoms with Crippen LogP contribution in [0.1, 0.15) is 52.0 Å². The van der Waals surface area contributed by atoms with Crippen molar-refractivity contribution in [1.82, 2.24) is 9.62 Å². The van der Waals surface area contributed by atoms with Crippen molar-refractivity contribution in [2.75, 3.05) is 25.4 Å². The average molecular weight is 399 g/mol. The van der Waals surface area contributed by atoms with Gasteiger partial charge in [-0.25, -0.2) is 17.1 Å². The molecule has 0 bridgehead atoms. The fourth-order valence-electron chi connectivity index (χ4n) is 3.41. The monoisotopic (exact) mass is 398 g/mol. The van der Waals surface area contributed by atoms with Crippen LogP contribution >= 0.6 is 0 Å². The van der Waals surface area contributed by atoms with E-state index in [9.17, 15) is 17.6 Å². The van der Waals surface area contributed by atoms with Crippen molar-refractivity contribution in [3.63, 3.8) is 0 Å². The molecule has 0 radical (unpaired) electrons.